The minimum Gasteiger partial charge on any atom is -0.436 e. The molecule has 1 aromatic heterocycles. The Hall–Kier alpha value is -2.58. The molecule has 3 heteroatoms. The van der Waals surface area contributed by atoms with E-state index in [0.717, 1.165) is 22.2 Å². The van der Waals surface area contributed by atoms with Crippen LogP contribution in [-0.4, -0.2) is 4.98 Å². The summed E-state index contributed by atoms with van der Waals surface area (Å²) in [5, 5.41) is 0.701. The number of aryl methyl sites for hydroxylation is 2. The Bertz CT molecular complexity index is 1010. The molecule has 0 N–H and O–H groups in total. The summed E-state index contributed by atoms with van der Waals surface area (Å²) in [5.74, 6) is 0.610. The van der Waals surface area contributed by atoms with E-state index in [2.05, 4.69) is 49.2 Å². The third kappa shape index (κ3) is 2.81. The monoisotopic (exact) mass is 333 g/mol. The highest BCUT2D eigenvalue weighted by atomic mass is 35.5. The van der Waals surface area contributed by atoms with E-state index in [-0.39, 0.29) is 0 Å². The predicted molar refractivity (Wildman–Crippen MR) is 99.4 cm³/mol. The van der Waals surface area contributed by atoms with Gasteiger partial charge in [-0.1, -0.05) is 47.0 Å². The van der Waals surface area contributed by atoms with Crippen molar-refractivity contribution < 1.29 is 4.42 Å². The van der Waals surface area contributed by atoms with Gasteiger partial charge in [0.15, 0.2) is 5.58 Å². The minimum atomic E-state index is 0.610. The van der Waals surface area contributed by atoms with Gasteiger partial charge >= 0.3 is 0 Å². The van der Waals surface area contributed by atoms with Gasteiger partial charge in [-0.05, 0) is 61.4 Å². The SMILES string of the molecule is Cc1cc(C)cc(-c2ccc3nc(-c4ccc(Cl)cc4)oc3c2)c1. The Balaban J connectivity index is 1.79. The molecule has 0 aliphatic carbocycles. The first-order valence-corrected chi connectivity index (χ1v) is 8.21. The van der Waals surface area contributed by atoms with Gasteiger partial charge in [-0.2, -0.15) is 0 Å². The fourth-order valence-electron chi connectivity index (χ4n) is 2.96. The molecule has 4 aromatic rings. The van der Waals surface area contributed by atoms with Gasteiger partial charge < -0.3 is 4.42 Å². The zero-order valence-corrected chi connectivity index (χ0v) is 14.3. The van der Waals surface area contributed by atoms with Crippen LogP contribution < -0.4 is 0 Å². The largest absolute Gasteiger partial charge is 0.436 e. The van der Waals surface area contributed by atoms with E-state index in [4.69, 9.17) is 16.0 Å². The van der Waals surface area contributed by atoms with E-state index in [1.165, 1.54) is 16.7 Å². The third-order valence-corrected chi connectivity index (χ3v) is 4.29. The summed E-state index contributed by atoms with van der Waals surface area (Å²) >= 11 is 5.94. The molecule has 24 heavy (non-hydrogen) atoms. The van der Waals surface area contributed by atoms with Crippen LogP contribution in [0.1, 0.15) is 11.1 Å². The molecule has 0 bridgehead atoms. The van der Waals surface area contributed by atoms with Gasteiger partial charge in [-0.3, -0.25) is 0 Å². The van der Waals surface area contributed by atoms with Crippen LogP contribution in [0.25, 0.3) is 33.7 Å². The normalized spacial score (nSPS) is 11.1. The lowest BCUT2D eigenvalue weighted by Gasteiger charge is -2.05. The molecule has 4 rings (SSSR count). The number of fused-ring (bicyclic) bond motifs is 1. The van der Waals surface area contributed by atoms with Gasteiger partial charge in [0.1, 0.15) is 5.52 Å². The second-order valence-corrected chi connectivity index (χ2v) is 6.52. The summed E-state index contributed by atoms with van der Waals surface area (Å²) in [5.41, 5.74) is 7.40. The molecule has 118 valence electrons. The standard InChI is InChI=1S/C21H16ClNO/c1-13-9-14(2)11-17(10-13)16-5-8-19-20(12-16)24-21(23-19)15-3-6-18(22)7-4-15/h3-12H,1-2H3. The Morgan fingerprint density at radius 1 is 0.750 bits per heavy atom. The van der Waals surface area contributed by atoms with Crippen LogP contribution in [0, 0.1) is 13.8 Å². The maximum absolute atomic E-state index is 5.96. The molecule has 0 fully saturated rings. The smallest absolute Gasteiger partial charge is 0.227 e. The minimum absolute atomic E-state index is 0.610. The van der Waals surface area contributed by atoms with Crippen LogP contribution >= 0.6 is 11.6 Å². The van der Waals surface area contributed by atoms with Crippen molar-refractivity contribution in [1.29, 1.82) is 0 Å². The Morgan fingerprint density at radius 3 is 2.12 bits per heavy atom. The van der Waals surface area contributed by atoms with E-state index >= 15 is 0 Å². The lowest BCUT2D eigenvalue weighted by atomic mass is 10.0. The molecular weight excluding hydrogens is 318 g/mol. The lowest BCUT2D eigenvalue weighted by Crippen LogP contribution is -1.82. The zero-order chi connectivity index (χ0) is 16.7. The average molecular weight is 334 g/mol. The van der Waals surface area contributed by atoms with Gasteiger partial charge in [0.2, 0.25) is 5.89 Å². The maximum Gasteiger partial charge on any atom is 0.227 e. The number of oxazole rings is 1. The van der Waals surface area contributed by atoms with Crippen LogP contribution in [0.4, 0.5) is 0 Å². The molecule has 0 saturated carbocycles. The first kappa shape index (κ1) is 15.0. The number of halogens is 1. The quantitative estimate of drug-likeness (QED) is 0.422. The van der Waals surface area contributed by atoms with Crippen molar-refractivity contribution in [3.63, 3.8) is 0 Å². The summed E-state index contributed by atoms with van der Waals surface area (Å²) in [4.78, 5) is 4.57. The number of nitrogens with zero attached hydrogens (tertiary/aromatic N) is 1. The van der Waals surface area contributed by atoms with Crippen molar-refractivity contribution in [2.75, 3.05) is 0 Å². The van der Waals surface area contributed by atoms with Crippen LogP contribution in [0.5, 0.6) is 0 Å². The molecule has 0 saturated heterocycles. The fraction of sp³-hybridized carbons (Fsp3) is 0.0952. The second kappa shape index (κ2) is 5.81. The van der Waals surface area contributed by atoms with E-state index < -0.39 is 0 Å². The number of hydrogen-bond acceptors (Lipinski definition) is 2. The first-order valence-electron chi connectivity index (χ1n) is 7.84. The molecule has 0 unspecified atom stereocenters. The Morgan fingerprint density at radius 2 is 1.42 bits per heavy atom. The summed E-state index contributed by atoms with van der Waals surface area (Å²) in [6.45, 7) is 4.23. The first-order chi connectivity index (χ1) is 11.6. The molecule has 1 heterocycles. The molecular formula is C21H16ClNO. The molecule has 0 amide bonds. The molecule has 0 radical (unpaired) electrons. The Labute approximate surface area is 145 Å². The maximum atomic E-state index is 5.96. The van der Waals surface area contributed by atoms with Crippen LogP contribution in [-0.2, 0) is 0 Å². The zero-order valence-electron chi connectivity index (χ0n) is 13.5. The summed E-state index contributed by atoms with van der Waals surface area (Å²) in [7, 11) is 0. The van der Waals surface area contributed by atoms with Crippen molar-refractivity contribution in [3.8, 4) is 22.6 Å². The Kier molecular flexibility index (Phi) is 3.62. The van der Waals surface area contributed by atoms with Gasteiger partial charge in [0.25, 0.3) is 0 Å². The van der Waals surface area contributed by atoms with Gasteiger partial charge in [-0.15, -0.1) is 0 Å². The molecule has 0 aliphatic rings. The molecule has 0 spiro atoms. The molecule has 2 nitrogen and oxygen atoms in total. The molecule has 0 atom stereocenters. The number of aromatic nitrogens is 1. The molecule has 3 aromatic carbocycles. The lowest BCUT2D eigenvalue weighted by molar-refractivity contribution is 0.620. The van der Waals surface area contributed by atoms with Crippen molar-refractivity contribution in [1.82, 2.24) is 4.98 Å². The number of hydrogen-bond donors (Lipinski definition) is 0. The van der Waals surface area contributed by atoms with E-state index in [1.807, 2.05) is 30.3 Å². The van der Waals surface area contributed by atoms with Crippen molar-refractivity contribution in [2.45, 2.75) is 13.8 Å². The van der Waals surface area contributed by atoms with Crippen LogP contribution in [0.2, 0.25) is 5.02 Å². The summed E-state index contributed by atoms with van der Waals surface area (Å²) < 4.78 is 5.96. The van der Waals surface area contributed by atoms with Crippen LogP contribution in [0.3, 0.4) is 0 Å². The topological polar surface area (TPSA) is 26.0 Å². The molecule has 0 aliphatic heterocycles. The summed E-state index contributed by atoms with van der Waals surface area (Å²) in [6, 6.07) is 20.2. The van der Waals surface area contributed by atoms with Gasteiger partial charge in [0, 0.05) is 10.6 Å². The fourth-order valence-corrected chi connectivity index (χ4v) is 3.09. The number of rotatable bonds is 2. The highest BCUT2D eigenvalue weighted by molar-refractivity contribution is 6.30. The van der Waals surface area contributed by atoms with E-state index in [0.29, 0.717) is 10.9 Å². The van der Waals surface area contributed by atoms with E-state index in [1.54, 1.807) is 0 Å². The highest BCUT2D eigenvalue weighted by Crippen LogP contribution is 2.29. The third-order valence-electron chi connectivity index (χ3n) is 4.03. The van der Waals surface area contributed by atoms with Crippen molar-refractivity contribution >= 4 is 22.7 Å². The van der Waals surface area contributed by atoms with Gasteiger partial charge in [0.05, 0.1) is 0 Å². The van der Waals surface area contributed by atoms with Crippen molar-refractivity contribution in [2.24, 2.45) is 0 Å². The van der Waals surface area contributed by atoms with Crippen LogP contribution in [0.15, 0.2) is 65.1 Å². The highest BCUT2D eigenvalue weighted by Gasteiger charge is 2.10. The van der Waals surface area contributed by atoms with Gasteiger partial charge in [-0.25, -0.2) is 4.98 Å². The summed E-state index contributed by atoms with van der Waals surface area (Å²) in [6.07, 6.45) is 0. The second-order valence-electron chi connectivity index (χ2n) is 6.08. The van der Waals surface area contributed by atoms with E-state index in [9.17, 15) is 0 Å². The van der Waals surface area contributed by atoms with Crippen molar-refractivity contribution in [3.05, 3.63) is 76.8 Å². The average Bonchev–Trinajstić information content (AvgIpc) is 2.97. The number of benzene rings is 3. The predicted octanol–water partition coefficient (Wildman–Crippen LogP) is 6.43.